The van der Waals surface area contributed by atoms with Gasteiger partial charge in [0, 0.05) is 49.6 Å². The molecule has 17 heteroatoms. The number of benzene rings is 1. The van der Waals surface area contributed by atoms with Crippen molar-refractivity contribution in [1.82, 2.24) is 46.1 Å². The number of nitrogens with one attached hydrogen (secondary N) is 6. The molecule has 0 radical (unpaired) electrons. The highest BCUT2D eigenvalue weighted by Crippen LogP contribution is 2.21. The largest absolute Gasteiger partial charge is 0.480 e. The van der Waals surface area contributed by atoms with Gasteiger partial charge in [0.25, 0.3) is 0 Å². The molecule has 5 unspecified atom stereocenters. The third kappa shape index (κ3) is 12.4. The van der Waals surface area contributed by atoms with Crippen LogP contribution >= 0.6 is 0 Å². The lowest BCUT2D eigenvalue weighted by molar-refractivity contribution is -0.143. The van der Waals surface area contributed by atoms with E-state index in [0.29, 0.717) is 24.2 Å². The number of aliphatic carboxylic acids is 1. The van der Waals surface area contributed by atoms with Crippen LogP contribution in [0.5, 0.6) is 0 Å². The first-order valence-corrected chi connectivity index (χ1v) is 18.0. The van der Waals surface area contributed by atoms with Gasteiger partial charge in [0.2, 0.25) is 23.6 Å². The number of H-pyrrole nitrogens is 2. The molecular formula is C37H51N9O8. The average molecular weight is 750 g/mol. The highest BCUT2D eigenvalue weighted by atomic mass is 16.6. The fourth-order valence-electron chi connectivity index (χ4n) is 6.16. The number of rotatable bonds is 17. The molecule has 2 aromatic heterocycles. The molecule has 5 atom stereocenters. The predicted octanol–water partition coefficient (Wildman–Crippen LogP) is 1.63. The van der Waals surface area contributed by atoms with E-state index in [1.54, 1.807) is 45.0 Å². The lowest BCUT2D eigenvalue weighted by atomic mass is 10.0. The Kier molecular flexibility index (Phi) is 14.3. The maximum atomic E-state index is 14.1. The molecule has 7 N–H and O–H groups in total. The molecule has 1 aliphatic rings. The number of carboxylic acids is 1. The number of carbonyl (C=O) groups is 6. The van der Waals surface area contributed by atoms with Crippen molar-refractivity contribution >= 4 is 35.7 Å². The summed E-state index contributed by atoms with van der Waals surface area (Å²) in [6.45, 7) is 9.00. The molecule has 54 heavy (non-hydrogen) atoms. The zero-order chi connectivity index (χ0) is 39.4. The molecule has 3 heterocycles. The van der Waals surface area contributed by atoms with Crippen LogP contribution in [0.15, 0.2) is 55.4 Å². The first-order valence-electron chi connectivity index (χ1n) is 18.0. The molecule has 3 aromatic rings. The fourth-order valence-corrected chi connectivity index (χ4v) is 6.16. The molecule has 1 aromatic carbocycles. The summed E-state index contributed by atoms with van der Waals surface area (Å²) in [5.41, 5.74) is 0.993. The molecule has 292 valence electrons. The SMILES string of the molecule is CC(C)CC(NC(=O)C(Cc1cnc[nH]1)NC(=O)C(Cc1ccccc1)NC(=O)C1CCCN1C(=O)C(Cc1cnc[nH]1)NC(=O)OC(C)(C)C)C(=O)O. The Labute approximate surface area is 313 Å². The monoisotopic (exact) mass is 749 g/mol. The third-order valence-corrected chi connectivity index (χ3v) is 8.66. The Morgan fingerprint density at radius 1 is 0.833 bits per heavy atom. The molecule has 1 saturated heterocycles. The van der Waals surface area contributed by atoms with Crippen LogP contribution in [0.25, 0.3) is 0 Å². The van der Waals surface area contributed by atoms with Gasteiger partial charge in [-0.25, -0.2) is 19.6 Å². The van der Waals surface area contributed by atoms with E-state index in [2.05, 4.69) is 41.2 Å². The first-order chi connectivity index (χ1) is 25.6. The van der Waals surface area contributed by atoms with Crippen molar-refractivity contribution in [2.24, 2.45) is 5.92 Å². The van der Waals surface area contributed by atoms with E-state index in [1.165, 1.54) is 29.9 Å². The zero-order valence-corrected chi connectivity index (χ0v) is 31.3. The third-order valence-electron chi connectivity index (χ3n) is 8.66. The molecular weight excluding hydrogens is 698 g/mol. The van der Waals surface area contributed by atoms with Crippen molar-refractivity contribution in [3.63, 3.8) is 0 Å². The summed E-state index contributed by atoms with van der Waals surface area (Å²) < 4.78 is 5.41. The summed E-state index contributed by atoms with van der Waals surface area (Å²) in [5, 5.41) is 20.5. The van der Waals surface area contributed by atoms with E-state index >= 15 is 0 Å². The van der Waals surface area contributed by atoms with Crippen LogP contribution in [0.3, 0.4) is 0 Å². The highest BCUT2D eigenvalue weighted by molar-refractivity contribution is 5.96. The van der Waals surface area contributed by atoms with Crippen molar-refractivity contribution in [2.75, 3.05) is 6.54 Å². The van der Waals surface area contributed by atoms with E-state index in [9.17, 15) is 33.9 Å². The van der Waals surface area contributed by atoms with E-state index in [1.807, 2.05) is 19.9 Å². The quantitative estimate of drug-likeness (QED) is 0.105. The Hall–Kier alpha value is -5.74. The van der Waals surface area contributed by atoms with Gasteiger partial charge in [0.1, 0.15) is 35.8 Å². The number of alkyl carbamates (subject to hydrolysis) is 1. The van der Waals surface area contributed by atoms with Gasteiger partial charge in [-0.15, -0.1) is 0 Å². The average Bonchev–Trinajstić information content (AvgIpc) is 3.90. The first kappa shape index (κ1) is 41.0. The second-order valence-electron chi connectivity index (χ2n) is 14.8. The molecule has 1 fully saturated rings. The molecule has 0 aliphatic carbocycles. The number of hydrogen-bond acceptors (Lipinski definition) is 9. The lowest BCUT2D eigenvalue weighted by Gasteiger charge is -2.30. The van der Waals surface area contributed by atoms with Gasteiger partial charge < -0.3 is 46.0 Å². The summed E-state index contributed by atoms with van der Waals surface area (Å²) >= 11 is 0. The molecule has 17 nitrogen and oxygen atoms in total. The number of likely N-dealkylation sites (tertiary alicyclic amines) is 1. The molecule has 0 spiro atoms. The number of carbonyl (C=O) groups excluding carboxylic acids is 5. The maximum absolute atomic E-state index is 14.1. The smallest absolute Gasteiger partial charge is 0.408 e. The zero-order valence-electron chi connectivity index (χ0n) is 31.3. The maximum Gasteiger partial charge on any atom is 0.408 e. The second kappa shape index (κ2) is 18.8. The molecule has 0 saturated carbocycles. The molecule has 4 rings (SSSR count). The van der Waals surface area contributed by atoms with Gasteiger partial charge in [0.15, 0.2) is 0 Å². The summed E-state index contributed by atoms with van der Waals surface area (Å²) in [5.74, 6) is -3.75. The van der Waals surface area contributed by atoms with Crippen molar-refractivity contribution in [1.29, 1.82) is 0 Å². The van der Waals surface area contributed by atoms with Crippen molar-refractivity contribution in [3.05, 3.63) is 72.3 Å². The summed E-state index contributed by atoms with van der Waals surface area (Å²) in [6, 6.07) is 3.30. The van der Waals surface area contributed by atoms with Crippen LogP contribution in [0.2, 0.25) is 0 Å². The number of carboxylic acid groups (broad SMARTS) is 1. The molecule has 1 aliphatic heterocycles. The van der Waals surface area contributed by atoms with Gasteiger partial charge >= 0.3 is 12.1 Å². The number of imidazole rings is 2. The minimum absolute atomic E-state index is 0.0339. The minimum Gasteiger partial charge on any atom is -0.480 e. The Bertz CT molecular complexity index is 1710. The minimum atomic E-state index is -1.23. The number of nitrogens with zero attached hydrogens (tertiary/aromatic N) is 3. The molecule has 5 amide bonds. The van der Waals surface area contributed by atoms with Crippen molar-refractivity contribution in [2.45, 2.75) is 109 Å². The van der Waals surface area contributed by atoms with Crippen LogP contribution < -0.4 is 21.3 Å². The number of aromatic amines is 2. The summed E-state index contributed by atoms with van der Waals surface area (Å²) in [6.07, 6.45) is 6.13. The standard InChI is InChI=1S/C37H51N9O8/c1-22(2)14-29(35(51)52)44-32(48)27(16-24-18-38-20-40-24)42-31(47)26(15-23-10-7-6-8-11-23)43-33(49)30-12-9-13-46(30)34(50)28(17-25-19-39-21-41-25)45-36(53)54-37(3,4)5/h6-8,10-11,18-22,26-30H,9,12-17H2,1-5H3,(H,38,40)(H,39,41)(H,42,47)(H,43,49)(H,44,48)(H,45,53)(H,51,52). The van der Waals surface area contributed by atoms with Crippen molar-refractivity contribution < 1.29 is 38.6 Å². The topological polar surface area (TPSA) is 241 Å². The lowest BCUT2D eigenvalue weighted by Crippen LogP contribution is -2.59. The second-order valence-corrected chi connectivity index (χ2v) is 14.8. The number of hydrogen-bond donors (Lipinski definition) is 7. The normalized spacial score (nSPS) is 16.5. The van der Waals surface area contributed by atoms with Crippen LogP contribution in [0.4, 0.5) is 4.79 Å². The van der Waals surface area contributed by atoms with Crippen LogP contribution in [0.1, 0.15) is 70.8 Å². The summed E-state index contributed by atoms with van der Waals surface area (Å²) in [7, 11) is 0. The van der Waals surface area contributed by atoms with E-state index in [0.717, 1.165) is 5.56 Å². The van der Waals surface area contributed by atoms with E-state index in [4.69, 9.17) is 4.74 Å². The van der Waals surface area contributed by atoms with Gasteiger partial charge in [-0.1, -0.05) is 44.2 Å². The van der Waals surface area contributed by atoms with Crippen LogP contribution in [0, 0.1) is 5.92 Å². The van der Waals surface area contributed by atoms with E-state index in [-0.39, 0.29) is 38.1 Å². The molecule has 0 bridgehead atoms. The Morgan fingerprint density at radius 2 is 1.41 bits per heavy atom. The highest BCUT2D eigenvalue weighted by Gasteiger charge is 2.40. The number of aromatic nitrogens is 4. The Balaban J connectivity index is 1.56. The fraction of sp³-hybridized carbons (Fsp3) is 0.514. The Morgan fingerprint density at radius 3 is 1.94 bits per heavy atom. The summed E-state index contributed by atoms with van der Waals surface area (Å²) in [4.78, 5) is 95.7. The predicted molar refractivity (Wildman–Crippen MR) is 196 cm³/mol. The van der Waals surface area contributed by atoms with Crippen LogP contribution in [-0.4, -0.2) is 108 Å². The van der Waals surface area contributed by atoms with Gasteiger partial charge in [-0.3, -0.25) is 19.2 Å². The van der Waals surface area contributed by atoms with Gasteiger partial charge in [-0.2, -0.15) is 0 Å². The van der Waals surface area contributed by atoms with Gasteiger partial charge in [0.05, 0.1) is 12.7 Å². The van der Waals surface area contributed by atoms with E-state index < -0.39 is 71.5 Å². The number of ether oxygens (including phenoxy) is 1. The van der Waals surface area contributed by atoms with Crippen LogP contribution in [-0.2, 0) is 48.0 Å². The van der Waals surface area contributed by atoms with Crippen molar-refractivity contribution in [3.8, 4) is 0 Å². The number of amides is 5. The van der Waals surface area contributed by atoms with Gasteiger partial charge in [-0.05, 0) is 51.5 Å².